The molecule has 0 aromatic carbocycles. The number of ether oxygens (including phenoxy) is 1. The number of nitrogens with zero attached hydrogens (tertiary/aromatic N) is 1. The Labute approximate surface area is 104 Å². The molecule has 1 fully saturated rings. The fourth-order valence-corrected chi connectivity index (χ4v) is 2.21. The Balaban J connectivity index is 2.30. The maximum absolute atomic E-state index is 11.7. The standard InChI is InChI=1S/C12H18N2O4/c1-2-3-8-6-14(12(17)13-11(8)16)10-5-4-9(7-15)18-10/h6,9-10,15H,2-5,7H2,1H3,(H,13,16,17)/t9-,10+/m0/s1. The average molecular weight is 254 g/mol. The molecule has 100 valence electrons. The summed E-state index contributed by atoms with van der Waals surface area (Å²) in [5.74, 6) is 0. The zero-order valence-electron chi connectivity index (χ0n) is 10.4. The van der Waals surface area contributed by atoms with Gasteiger partial charge in [0.2, 0.25) is 0 Å². The number of aryl methyl sites for hydroxylation is 1. The monoisotopic (exact) mass is 254 g/mol. The van der Waals surface area contributed by atoms with E-state index in [0.29, 0.717) is 18.4 Å². The Kier molecular flexibility index (Phi) is 3.98. The van der Waals surface area contributed by atoms with Gasteiger partial charge in [0.1, 0.15) is 6.23 Å². The zero-order valence-corrected chi connectivity index (χ0v) is 10.4. The van der Waals surface area contributed by atoms with Crippen molar-refractivity contribution in [1.29, 1.82) is 0 Å². The second-order valence-electron chi connectivity index (χ2n) is 4.54. The summed E-state index contributed by atoms with van der Waals surface area (Å²) in [4.78, 5) is 25.6. The first-order chi connectivity index (χ1) is 8.65. The Morgan fingerprint density at radius 1 is 1.50 bits per heavy atom. The number of hydrogen-bond acceptors (Lipinski definition) is 4. The Morgan fingerprint density at radius 3 is 2.89 bits per heavy atom. The first-order valence-corrected chi connectivity index (χ1v) is 6.26. The van der Waals surface area contributed by atoms with Gasteiger partial charge in [0.05, 0.1) is 12.7 Å². The lowest BCUT2D eigenvalue weighted by Crippen LogP contribution is -2.34. The molecule has 0 spiro atoms. The van der Waals surface area contributed by atoms with Crippen molar-refractivity contribution in [3.63, 3.8) is 0 Å². The first kappa shape index (κ1) is 13.0. The van der Waals surface area contributed by atoms with Crippen molar-refractivity contribution in [3.8, 4) is 0 Å². The summed E-state index contributed by atoms with van der Waals surface area (Å²) >= 11 is 0. The minimum atomic E-state index is -0.455. The summed E-state index contributed by atoms with van der Waals surface area (Å²) < 4.78 is 6.96. The third kappa shape index (κ3) is 2.54. The summed E-state index contributed by atoms with van der Waals surface area (Å²) in [5.41, 5.74) is -0.189. The largest absolute Gasteiger partial charge is 0.394 e. The van der Waals surface area contributed by atoms with E-state index in [1.54, 1.807) is 6.20 Å². The molecule has 0 radical (unpaired) electrons. The SMILES string of the molecule is CCCc1cn([C@H]2CC[C@@H](CO)O2)c(=O)[nH]c1=O. The number of aliphatic hydroxyl groups excluding tert-OH is 1. The molecule has 6 nitrogen and oxygen atoms in total. The van der Waals surface area contributed by atoms with E-state index in [0.717, 1.165) is 12.8 Å². The van der Waals surface area contributed by atoms with Gasteiger partial charge in [-0.3, -0.25) is 14.3 Å². The number of rotatable bonds is 4. The highest BCUT2D eigenvalue weighted by molar-refractivity contribution is 5.05. The zero-order chi connectivity index (χ0) is 13.1. The number of hydrogen-bond donors (Lipinski definition) is 2. The van der Waals surface area contributed by atoms with Crippen LogP contribution in [0.15, 0.2) is 15.8 Å². The Hall–Kier alpha value is -1.40. The molecule has 2 atom stereocenters. The summed E-state index contributed by atoms with van der Waals surface area (Å²) in [7, 11) is 0. The molecule has 6 heteroatoms. The van der Waals surface area contributed by atoms with Crippen LogP contribution in [0.4, 0.5) is 0 Å². The van der Waals surface area contributed by atoms with Crippen molar-refractivity contribution in [2.24, 2.45) is 0 Å². The lowest BCUT2D eigenvalue weighted by atomic mass is 10.2. The van der Waals surface area contributed by atoms with E-state index in [1.165, 1.54) is 4.57 Å². The number of aliphatic hydroxyl groups is 1. The number of aromatic amines is 1. The van der Waals surface area contributed by atoms with E-state index in [9.17, 15) is 9.59 Å². The van der Waals surface area contributed by atoms with Crippen LogP contribution in [0.3, 0.4) is 0 Å². The molecular formula is C12H18N2O4. The molecule has 0 amide bonds. The molecule has 1 aromatic rings. The van der Waals surface area contributed by atoms with Crippen molar-refractivity contribution < 1.29 is 9.84 Å². The molecule has 0 bridgehead atoms. The Morgan fingerprint density at radius 2 is 2.28 bits per heavy atom. The van der Waals surface area contributed by atoms with Gasteiger partial charge in [-0.05, 0) is 19.3 Å². The lowest BCUT2D eigenvalue weighted by Gasteiger charge is -2.15. The third-order valence-electron chi connectivity index (χ3n) is 3.16. The minimum absolute atomic E-state index is 0.0452. The van der Waals surface area contributed by atoms with E-state index in [1.807, 2.05) is 6.92 Å². The molecule has 0 unspecified atom stereocenters. The van der Waals surface area contributed by atoms with Gasteiger partial charge in [0.25, 0.3) is 5.56 Å². The summed E-state index contributed by atoms with van der Waals surface area (Å²) in [5, 5.41) is 9.01. The molecule has 1 aliphatic heterocycles. The van der Waals surface area contributed by atoms with Gasteiger partial charge in [-0.1, -0.05) is 13.3 Å². The smallest absolute Gasteiger partial charge is 0.330 e. The summed E-state index contributed by atoms with van der Waals surface area (Å²) in [6.07, 6.45) is 3.83. The van der Waals surface area contributed by atoms with Gasteiger partial charge >= 0.3 is 5.69 Å². The van der Waals surface area contributed by atoms with Crippen LogP contribution < -0.4 is 11.2 Å². The second-order valence-corrected chi connectivity index (χ2v) is 4.54. The minimum Gasteiger partial charge on any atom is -0.394 e. The van der Waals surface area contributed by atoms with Crippen molar-refractivity contribution in [1.82, 2.24) is 9.55 Å². The average Bonchev–Trinajstić information content (AvgIpc) is 2.81. The van der Waals surface area contributed by atoms with E-state index < -0.39 is 5.69 Å². The van der Waals surface area contributed by atoms with Crippen LogP contribution in [0.1, 0.15) is 38.0 Å². The predicted octanol–water partition coefficient (Wildman–Crippen LogP) is 0.159. The van der Waals surface area contributed by atoms with E-state index in [-0.39, 0.29) is 24.5 Å². The Bertz CT molecular complexity index is 520. The highest BCUT2D eigenvalue weighted by Gasteiger charge is 2.26. The maximum Gasteiger partial charge on any atom is 0.330 e. The molecule has 2 heterocycles. The molecule has 0 aliphatic carbocycles. The van der Waals surface area contributed by atoms with Gasteiger partial charge in [0, 0.05) is 11.8 Å². The molecule has 0 saturated carbocycles. The quantitative estimate of drug-likeness (QED) is 0.801. The third-order valence-corrected chi connectivity index (χ3v) is 3.16. The summed E-state index contributed by atoms with van der Waals surface area (Å²) in [6, 6.07) is 0. The van der Waals surface area contributed by atoms with Crippen LogP contribution in [0.25, 0.3) is 0 Å². The molecule has 2 rings (SSSR count). The maximum atomic E-state index is 11.7. The van der Waals surface area contributed by atoms with Crippen molar-refractivity contribution in [3.05, 3.63) is 32.6 Å². The topological polar surface area (TPSA) is 84.3 Å². The fourth-order valence-electron chi connectivity index (χ4n) is 2.21. The molecule has 1 aliphatic rings. The van der Waals surface area contributed by atoms with Crippen molar-refractivity contribution >= 4 is 0 Å². The first-order valence-electron chi connectivity index (χ1n) is 6.26. The van der Waals surface area contributed by atoms with Crippen LogP contribution in [0.5, 0.6) is 0 Å². The molecule has 1 aromatic heterocycles. The van der Waals surface area contributed by atoms with Crippen LogP contribution in [-0.2, 0) is 11.2 Å². The van der Waals surface area contributed by atoms with E-state index in [2.05, 4.69) is 4.98 Å². The number of H-pyrrole nitrogens is 1. The van der Waals surface area contributed by atoms with Crippen LogP contribution >= 0.6 is 0 Å². The molecular weight excluding hydrogens is 236 g/mol. The second kappa shape index (κ2) is 5.49. The van der Waals surface area contributed by atoms with Gasteiger partial charge in [0.15, 0.2) is 0 Å². The van der Waals surface area contributed by atoms with Gasteiger partial charge in [-0.2, -0.15) is 0 Å². The molecule has 2 N–H and O–H groups in total. The van der Waals surface area contributed by atoms with E-state index in [4.69, 9.17) is 9.84 Å². The fraction of sp³-hybridized carbons (Fsp3) is 0.667. The summed E-state index contributed by atoms with van der Waals surface area (Å²) in [6.45, 7) is 1.93. The van der Waals surface area contributed by atoms with Crippen molar-refractivity contribution in [2.45, 2.75) is 44.9 Å². The molecule has 18 heavy (non-hydrogen) atoms. The number of nitrogens with one attached hydrogen (secondary N) is 1. The number of aromatic nitrogens is 2. The van der Waals surface area contributed by atoms with Gasteiger partial charge in [-0.25, -0.2) is 4.79 Å². The molecule has 1 saturated heterocycles. The van der Waals surface area contributed by atoms with Gasteiger partial charge in [-0.15, -0.1) is 0 Å². The normalized spacial score (nSPS) is 23.4. The van der Waals surface area contributed by atoms with Crippen molar-refractivity contribution in [2.75, 3.05) is 6.61 Å². The van der Waals surface area contributed by atoms with Gasteiger partial charge < -0.3 is 9.84 Å². The highest BCUT2D eigenvalue weighted by atomic mass is 16.5. The van der Waals surface area contributed by atoms with Crippen LogP contribution in [-0.4, -0.2) is 27.4 Å². The van der Waals surface area contributed by atoms with Crippen LogP contribution in [0.2, 0.25) is 0 Å². The van der Waals surface area contributed by atoms with E-state index >= 15 is 0 Å². The van der Waals surface area contributed by atoms with Crippen LogP contribution in [0, 0.1) is 0 Å². The lowest BCUT2D eigenvalue weighted by molar-refractivity contribution is -0.0247. The predicted molar refractivity (Wildman–Crippen MR) is 65.5 cm³/mol. The highest BCUT2D eigenvalue weighted by Crippen LogP contribution is 2.26.